The maximum absolute atomic E-state index is 8.38. The van der Waals surface area contributed by atoms with Crippen LogP contribution in [-0.2, 0) is 0 Å². The van der Waals surface area contributed by atoms with Gasteiger partial charge in [-0.2, -0.15) is 0 Å². The average molecular weight is 391 g/mol. The van der Waals surface area contributed by atoms with E-state index < -0.39 is 0 Å². The summed E-state index contributed by atoms with van der Waals surface area (Å²) in [5, 5.41) is 25.2. The molecule has 0 aliphatic carbocycles. The number of thioether (sulfide) groups is 1. The van der Waals surface area contributed by atoms with Crippen LogP contribution in [0.4, 0.5) is 0 Å². The van der Waals surface area contributed by atoms with Gasteiger partial charge in [0.2, 0.25) is 0 Å². The standard InChI is InChI=1S/C18H23ClN6S/c1-24-5-4-12-9-25(10-16(12)24)18(23)26-17(22)14-3-2-11(6-15(14)19)13(7-20)8-21/h2-3,6-8,12,16,20,22-23H,4-5,9-10,21H2,1H3/b13-8+,20-7?,22-17?,23-18?/t12-,16+/m1/s1. The van der Waals surface area contributed by atoms with Crippen LogP contribution in [0.5, 0.6) is 0 Å². The second-order valence-corrected chi connectivity index (χ2v) is 8.11. The van der Waals surface area contributed by atoms with Crippen molar-refractivity contribution in [3.05, 3.63) is 40.5 Å². The Morgan fingerprint density at radius 3 is 2.73 bits per heavy atom. The molecule has 3 rings (SSSR count). The van der Waals surface area contributed by atoms with Crippen LogP contribution in [0.15, 0.2) is 24.4 Å². The van der Waals surface area contributed by atoms with Crippen LogP contribution in [0.3, 0.4) is 0 Å². The zero-order valence-corrected chi connectivity index (χ0v) is 16.2. The topological polar surface area (TPSA) is 104 Å². The number of likely N-dealkylation sites (N-methyl/N-ethyl adjacent to an activating group) is 1. The summed E-state index contributed by atoms with van der Waals surface area (Å²) in [6.07, 6.45) is 3.71. The van der Waals surface area contributed by atoms with Gasteiger partial charge in [0.15, 0.2) is 5.17 Å². The maximum atomic E-state index is 8.38. The van der Waals surface area contributed by atoms with Crippen molar-refractivity contribution < 1.29 is 0 Å². The second kappa shape index (κ2) is 7.82. The summed E-state index contributed by atoms with van der Waals surface area (Å²) in [6.45, 7) is 2.89. The molecule has 138 valence electrons. The number of fused-ring (bicyclic) bond motifs is 1. The van der Waals surface area contributed by atoms with Crippen LogP contribution in [-0.4, -0.2) is 58.9 Å². The molecule has 0 spiro atoms. The van der Waals surface area contributed by atoms with Crippen LogP contribution in [0.2, 0.25) is 5.02 Å². The van der Waals surface area contributed by atoms with Crippen molar-refractivity contribution >= 4 is 45.4 Å². The van der Waals surface area contributed by atoms with E-state index in [1.807, 2.05) is 0 Å². The Bertz CT molecular complexity index is 777. The smallest absolute Gasteiger partial charge is 0.162 e. The van der Waals surface area contributed by atoms with E-state index in [0.29, 0.717) is 33.3 Å². The molecule has 1 aromatic rings. The third kappa shape index (κ3) is 3.65. The number of likely N-dealkylation sites (tertiary alicyclic amines) is 2. The van der Waals surface area contributed by atoms with E-state index in [1.165, 1.54) is 18.8 Å². The second-order valence-electron chi connectivity index (χ2n) is 6.70. The van der Waals surface area contributed by atoms with E-state index >= 15 is 0 Å². The number of nitrogens with zero attached hydrogens (tertiary/aromatic N) is 2. The first-order valence-corrected chi connectivity index (χ1v) is 9.66. The highest BCUT2D eigenvalue weighted by atomic mass is 35.5. The highest BCUT2D eigenvalue weighted by molar-refractivity contribution is 8.26. The normalized spacial score (nSPS) is 23.2. The molecule has 8 heteroatoms. The van der Waals surface area contributed by atoms with Crippen LogP contribution in [0.1, 0.15) is 17.5 Å². The van der Waals surface area contributed by atoms with E-state index in [2.05, 4.69) is 16.8 Å². The van der Waals surface area contributed by atoms with Crippen molar-refractivity contribution in [3.8, 4) is 0 Å². The molecule has 0 amide bonds. The monoisotopic (exact) mass is 390 g/mol. The van der Waals surface area contributed by atoms with Crippen molar-refractivity contribution in [1.29, 1.82) is 16.2 Å². The number of allylic oxidation sites excluding steroid dienone is 1. The van der Waals surface area contributed by atoms with Gasteiger partial charge >= 0.3 is 0 Å². The highest BCUT2D eigenvalue weighted by Crippen LogP contribution is 2.32. The predicted octanol–water partition coefficient (Wildman–Crippen LogP) is 2.92. The third-order valence-corrected chi connectivity index (χ3v) is 6.38. The quantitative estimate of drug-likeness (QED) is 0.470. The lowest BCUT2D eigenvalue weighted by Gasteiger charge is -2.22. The molecule has 5 N–H and O–H groups in total. The van der Waals surface area contributed by atoms with Crippen molar-refractivity contribution in [2.45, 2.75) is 12.5 Å². The predicted molar refractivity (Wildman–Crippen MR) is 111 cm³/mol. The number of nitrogens with one attached hydrogen (secondary N) is 3. The van der Waals surface area contributed by atoms with E-state index in [1.54, 1.807) is 18.2 Å². The van der Waals surface area contributed by atoms with Crippen LogP contribution < -0.4 is 5.73 Å². The molecule has 0 radical (unpaired) electrons. The number of benzene rings is 1. The Labute approximate surface area is 162 Å². The number of rotatable bonds is 3. The number of amidine groups is 1. The fraction of sp³-hybridized carbons (Fsp3) is 0.389. The first-order valence-electron chi connectivity index (χ1n) is 8.47. The van der Waals surface area contributed by atoms with Crippen molar-refractivity contribution in [2.24, 2.45) is 11.7 Å². The fourth-order valence-electron chi connectivity index (χ4n) is 3.66. The van der Waals surface area contributed by atoms with Gasteiger partial charge in [0.05, 0.1) is 5.02 Å². The van der Waals surface area contributed by atoms with Crippen LogP contribution in [0, 0.1) is 22.1 Å². The van der Waals surface area contributed by atoms with Gasteiger partial charge in [0.1, 0.15) is 5.04 Å². The zero-order chi connectivity index (χ0) is 18.8. The summed E-state index contributed by atoms with van der Waals surface area (Å²) >= 11 is 7.47. The Balaban J connectivity index is 1.67. The number of hydrogen-bond acceptors (Lipinski definition) is 6. The molecule has 1 aromatic carbocycles. The first-order chi connectivity index (χ1) is 12.4. The van der Waals surface area contributed by atoms with Gasteiger partial charge in [-0.25, -0.2) is 0 Å². The van der Waals surface area contributed by atoms with Crippen LogP contribution in [0.25, 0.3) is 5.57 Å². The highest BCUT2D eigenvalue weighted by Gasteiger charge is 2.40. The molecular weight excluding hydrogens is 368 g/mol. The minimum absolute atomic E-state index is 0.255. The lowest BCUT2D eigenvalue weighted by Crippen LogP contribution is -2.34. The molecule has 0 bridgehead atoms. The molecule has 2 fully saturated rings. The van der Waals surface area contributed by atoms with Gasteiger partial charge in [-0.3, -0.25) is 10.8 Å². The Hall–Kier alpha value is -1.83. The van der Waals surface area contributed by atoms with E-state index in [4.69, 9.17) is 33.6 Å². The van der Waals surface area contributed by atoms with Gasteiger partial charge in [-0.15, -0.1) is 0 Å². The lowest BCUT2D eigenvalue weighted by molar-refractivity contribution is 0.296. The van der Waals surface area contributed by atoms with E-state index in [-0.39, 0.29) is 5.04 Å². The van der Waals surface area contributed by atoms with Gasteiger partial charge in [0.25, 0.3) is 0 Å². The van der Waals surface area contributed by atoms with E-state index in [0.717, 1.165) is 37.0 Å². The molecule has 26 heavy (non-hydrogen) atoms. The largest absolute Gasteiger partial charge is 0.404 e. The Morgan fingerprint density at radius 1 is 1.35 bits per heavy atom. The van der Waals surface area contributed by atoms with Crippen molar-refractivity contribution in [1.82, 2.24) is 9.80 Å². The summed E-state index contributed by atoms with van der Waals surface area (Å²) in [7, 11) is 2.15. The van der Waals surface area contributed by atoms with Gasteiger partial charge < -0.3 is 20.9 Å². The minimum atomic E-state index is 0.255. The van der Waals surface area contributed by atoms with Gasteiger partial charge in [0, 0.05) is 42.7 Å². The Morgan fingerprint density at radius 2 is 2.12 bits per heavy atom. The molecule has 0 saturated carbocycles. The summed E-state index contributed by atoms with van der Waals surface area (Å²) in [5.41, 5.74) is 7.40. The zero-order valence-electron chi connectivity index (χ0n) is 14.6. The number of hydrogen-bond donors (Lipinski definition) is 4. The number of halogens is 1. The van der Waals surface area contributed by atoms with Gasteiger partial charge in [-0.1, -0.05) is 23.7 Å². The number of nitrogens with two attached hydrogens (primary N) is 1. The molecule has 2 saturated heterocycles. The van der Waals surface area contributed by atoms with Crippen molar-refractivity contribution in [2.75, 3.05) is 26.7 Å². The minimum Gasteiger partial charge on any atom is -0.404 e. The molecule has 2 aliphatic rings. The molecular formula is C18H23ClN6S. The summed E-state index contributed by atoms with van der Waals surface area (Å²) < 4.78 is 0. The maximum Gasteiger partial charge on any atom is 0.162 e. The molecule has 2 aliphatic heterocycles. The van der Waals surface area contributed by atoms with Crippen molar-refractivity contribution in [3.63, 3.8) is 0 Å². The molecule has 0 unspecified atom stereocenters. The third-order valence-electron chi connectivity index (χ3n) is 5.19. The van der Waals surface area contributed by atoms with Crippen LogP contribution >= 0.6 is 23.4 Å². The Kier molecular flexibility index (Phi) is 5.70. The lowest BCUT2D eigenvalue weighted by atomic mass is 10.1. The summed E-state index contributed by atoms with van der Waals surface area (Å²) in [5.74, 6) is 0.626. The fourth-order valence-corrected chi connectivity index (χ4v) is 4.75. The molecule has 2 heterocycles. The molecule has 2 atom stereocenters. The first kappa shape index (κ1) is 18.9. The average Bonchev–Trinajstić information content (AvgIpc) is 3.18. The summed E-state index contributed by atoms with van der Waals surface area (Å²) in [4.78, 5) is 4.44. The van der Waals surface area contributed by atoms with Gasteiger partial charge in [-0.05, 0) is 49.3 Å². The SMILES string of the molecule is CN1CC[C@@H]2CN(C(=N)SC(=N)c3ccc(/C(C=N)=C/N)cc3Cl)C[C@@H]21. The molecule has 6 nitrogen and oxygen atoms in total. The molecule has 0 aromatic heterocycles. The summed E-state index contributed by atoms with van der Waals surface area (Å²) in [6, 6.07) is 5.77. The van der Waals surface area contributed by atoms with E-state index in [9.17, 15) is 0 Å².